The summed E-state index contributed by atoms with van der Waals surface area (Å²) in [6.07, 6.45) is 1.26. The maximum absolute atomic E-state index is 12.3. The van der Waals surface area contributed by atoms with Gasteiger partial charge in [0.25, 0.3) is 0 Å². The van der Waals surface area contributed by atoms with Gasteiger partial charge in [0.2, 0.25) is 18.2 Å². The van der Waals surface area contributed by atoms with Crippen LogP contribution in [0.25, 0.3) is 11.5 Å². The summed E-state index contributed by atoms with van der Waals surface area (Å²) in [5, 5.41) is 10.3. The van der Waals surface area contributed by atoms with Gasteiger partial charge in [0, 0.05) is 18.1 Å². The summed E-state index contributed by atoms with van der Waals surface area (Å²) < 4.78 is 10.7. The first kappa shape index (κ1) is 18.3. The number of carbonyl (C=O) groups excluding carboxylic acids is 2. The number of amides is 1. The minimum Gasteiger partial charge on any atom is -0.485 e. The number of nitrogens with zero attached hydrogens (tertiary/aromatic N) is 2. The fraction of sp³-hybridized carbons (Fsp3) is 0.200. The number of aromatic nitrogens is 2. The first-order valence-electron chi connectivity index (χ1n) is 8.42. The van der Waals surface area contributed by atoms with Crippen LogP contribution in [0.4, 0.5) is 0 Å². The second-order valence-corrected chi connectivity index (χ2v) is 6.02. The molecule has 1 amide bonds. The lowest BCUT2D eigenvalue weighted by Gasteiger charge is -2.13. The number of hydrogen-bond acceptors (Lipinski definition) is 6. The first-order chi connectivity index (χ1) is 13.0. The van der Waals surface area contributed by atoms with Crippen LogP contribution in [0.3, 0.4) is 0 Å². The molecule has 1 N–H and O–H groups in total. The lowest BCUT2D eigenvalue weighted by molar-refractivity contribution is -0.119. The normalized spacial score (nSPS) is 11.6. The van der Waals surface area contributed by atoms with Gasteiger partial charge in [0.1, 0.15) is 5.75 Å². The summed E-state index contributed by atoms with van der Waals surface area (Å²) in [6.45, 7) is 3.29. The Morgan fingerprint density at radius 2 is 1.81 bits per heavy atom. The molecule has 3 rings (SSSR count). The van der Waals surface area contributed by atoms with Gasteiger partial charge in [0.15, 0.2) is 12.4 Å². The third-order valence-electron chi connectivity index (χ3n) is 3.98. The van der Waals surface area contributed by atoms with E-state index >= 15 is 0 Å². The van der Waals surface area contributed by atoms with Crippen LogP contribution in [-0.2, 0) is 4.79 Å². The molecule has 2 aromatic carbocycles. The largest absolute Gasteiger partial charge is 0.485 e. The van der Waals surface area contributed by atoms with Crippen molar-refractivity contribution >= 4 is 11.7 Å². The highest BCUT2D eigenvalue weighted by atomic mass is 16.5. The molecule has 3 aromatic rings. The molecule has 0 aliphatic rings. The molecule has 0 unspecified atom stereocenters. The number of ketones is 1. The first-order valence-corrected chi connectivity index (χ1v) is 8.42. The SMILES string of the molecule is CC(=O)N[C@H](C)c1ccc(C(=O)COc2ccc(-c3nnco3)cc2)cc1. The number of nitrogens with one attached hydrogen (secondary N) is 1. The van der Waals surface area contributed by atoms with E-state index in [1.165, 1.54) is 13.3 Å². The van der Waals surface area contributed by atoms with Crippen molar-refractivity contribution in [3.05, 3.63) is 66.1 Å². The molecule has 7 heteroatoms. The molecule has 1 heterocycles. The predicted octanol–water partition coefficient (Wildman–Crippen LogP) is 3.20. The molecule has 0 aliphatic heterocycles. The highest BCUT2D eigenvalue weighted by molar-refractivity contribution is 5.97. The Kier molecular flexibility index (Phi) is 5.61. The highest BCUT2D eigenvalue weighted by Gasteiger charge is 2.10. The van der Waals surface area contributed by atoms with Crippen molar-refractivity contribution in [3.63, 3.8) is 0 Å². The van der Waals surface area contributed by atoms with Gasteiger partial charge in [-0.15, -0.1) is 10.2 Å². The Hall–Kier alpha value is -3.48. The monoisotopic (exact) mass is 365 g/mol. The third kappa shape index (κ3) is 4.78. The van der Waals surface area contributed by atoms with E-state index in [1.54, 1.807) is 36.4 Å². The molecule has 0 radical (unpaired) electrons. The van der Waals surface area contributed by atoms with Crippen LogP contribution in [0.5, 0.6) is 5.75 Å². The summed E-state index contributed by atoms with van der Waals surface area (Å²) in [6, 6.07) is 14.1. The number of carbonyl (C=O) groups is 2. The maximum Gasteiger partial charge on any atom is 0.247 e. The van der Waals surface area contributed by atoms with Crippen LogP contribution in [0, 0.1) is 0 Å². The zero-order valence-corrected chi connectivity index (χ0v) is 15.0. The van der Waals surface area contributed by atoms with Gasteiger partial charge in [-0.3, -0.25) is 9.59 Å². The fourth-order valence-electron chi connectivity index (χ4n) is 2.57. The Balaban J connectivity index is 1.56. The van der Waals surface area contributed by atoms with E-state index in [2.05, 4.69) is 15.5 Å². The van der Waals surface area contributed by atoms with E-state index in [0.29, 0.717) is 17.2 Å². The molecule has 0 saturated carbocycles. The molecule has 27 heavy (non-hydrogen) atoms. The second-order valence-electron chi connectivity index (χ2n) is 6.02. The molecular formula is C20H19N3O4. The van der Waals surface area contributed by atoms with Gasteiger partial charge < -0.3 is 14.5 Å². The van der Waals surface area contributed by atoms with Gasteiger partial charge in [-0.2, -0.15) is 0 Å². The minimum atomic E-state index is -0.130. The van der Waals surface area contributed by atoms with Crippen molar-refractivity contribution in [2.24, 2.45) is 0 Å². The fourth-order valence-corrected chi connectivity index (χ4v) is 2.57. The zero-order chi connectivity index (χ0) is 19.2. The third-order valence-corrected chi connectivity index (χ3v) is 3.98. The quantitative estimate of drug-likeness (QED) is 0.646. The standard InChI is InChI=1S/C20H19N3O4/c1-13(22-14(2)24)15-3-5-16(6-4-15)19(25)11-26-18-9-7-17(8-10-18)20-23-21-12-27-20/h3-10,12-13H,11H2,1-2H3,(H,22,24)/t13-/m1/s1. The van der Waals surface area contributed by atoms with Gasteiger partial charge in [-0.1, -0.05) is 24.3 Å². The maximum atomic E-state index is 12.3. The summed E-state index contributed by atoms with van der Waals surface area (Å²) in [7, 11) is 0. The van der Waals surface area contributed by atoms with Gasteiger partial charge >= 0.3 is 0 Å². The van der Waals surface area contributed by atoms with Crippen molar-refractivity contribution in [2.75, 3.05) is 6.61 Å². The molecule has 0 spiro atoms. The van der Waals surface area contributed by atoms with Crippen molar-refractivity contribution in [1.82, 2.24) is 15.5 Å². The molecule has 7 nitrogen and oxygen atoms in total. The summed E-state index contributed by atoms with van der Waals surface area (Å²) in [5.74, 6) is 0.768. The van der Waals surface area contributed by atoms with E-state index in [-0.39, 0.29) is 24.3 Å². The van der Waals surface area contributed by atoms with Crippen molar-refractivity contribution < 1.29 is 18.7 Å². The smallest absolute Gasteiger partial charge is 0.247 e. The number of ether oxygens (including phenoxy) is 1. The molecule has 0 saturated heterocycles. The van der Waals surface area contributed by atoms with Gasteiger partial charge in [-0.25, -0.2) is 0 Å². The highest BCUT2D eigenvalue weighted by Crippen LogP contribution is 2.20. The summed E-state index contributed by atoms with van der Waals surface area (Å²) in [4.78, 5) is 23.4. The van der Waals surface area contributed by atoms with Crippen molar-refractivity contribution in [3.8, 4) is 17.2 Å². The number of benzene rings is 2. The van der Waals surface area contributed by atoms with E-state index in [9.17, 15) is 9.59 Å². The molecule has 0 aliphatic carbocycles. The van der Waals surface area contributed by atoms with Gasteiger partial charge in [-0.05, 0) is 36.8 Å². The van der Waals surface area contributed by atoms with Crippen LogP contribution in [0.2, 0.25) is 0 Å². The second kappa shape index (κ2) is 8.27. The average molecular weight is 365 g/mol. The average Bonchev–Trinajstić information content (AvgIpc) is 3.21. The lowest BCUT2D eigenvalue weighted by atomic mass is 10.0. The van der Waals surface area contributed by atoms with Crippen LogP contribution < -0.4 is 10.1 Å². The van der Waals surface area contributed by atoms with Crippen molar-refractivity contribution in [1.29, 1.82) is 0 Å². The lowest BCUT2D eigenvalue weighted by Crippen LogP contribution is -2.23. The predicted molar refractivity (Wildman–Crippen MR) is 98.2 cm³/mol. The summed E-state index contributed by atoms with van der Waals surface area (Å²) in [5.41, 5.74) is 2.26. The van der Waals surface area contributed by atoms with E-state index in [4.69, 9.17) is 9.15 Å². The van der Waals surface area contributed by atoms with E-state index in [1.807, 2.05) is 19.1 Å². The molecular weight excluding hydrogens is 346 g/mol. The molecule has 0 bridgehead atoms. The van der Waals surface area contributed by atoms with Gasteiger partial charge in [0.05, 0.1) is 6.04 Å². The Morgan fingerprint density at radius 3 is 2.41 bits per heavy atom. The Labute approximate surface area is 156 Å². The Bertz CT molecular complexity index is 903. The topological polar surface area (TPSA) is 94.3 Å². The molecule has 0 fully saturated rings. The molecule has 138 valence electrons. The number of rotatable bonds is 7. The number of Topliss-reactive ketones (excluding diaryl/α,β-unsaturated/α-hetero) is 1. The van der Waals surface area contributed by atoms with Crippen molar-refractivity contribution in [2.45, 2.75) is 19.9 Å². The van der Waals surface area contributed by atoms with E-state index < -0.39 is 0 Å². The zero-order valence-electron chi connectivity index (χ0n) is 15.0. The van der Waals surface area contributed by atoms with Crippen LogP contribution >= 0.6 is 0 Å². The molecule has 1 atom stereocenters. The van der Waals surface area contributed by atoms with Crippen LogP contribution in [0.15, 0.2) is 59.3 Å². The van der Waals surface area contributed by atoms with E-state index in [0.717, 1.165) is 11.1 Å². The summed E-state index contributed by atoms with van der Waals surface area (Å²) >= 11 is 0. The van der Waals surface area contributed by atoms with Crippen LogP contribution in [-0.4, -0.2) is 28.5 Å². The molecule has 1 aromatic heterocycles. The number of hydrogen-bond donors (Lipinski definition) is 1. The van der Waals surface area contributed by atoms with Crippen LogP contribution in [0.1, 0.15) is 35.8 Å². The minimum absolute atomic E-state index is 0.0689. The Morgan fingerprint density at radius 1 is 1.11 bits per heavy atom.